The molecule has 1 aromatic carbocycles. The molecule has 2 aromatic heterocycles. The standard InChI is InChI=1S/C22H26N6O3/c1-13-14(2)27-28(15(13)3)20-10-9-19(25-26-20)23-11-12-24-22(29)21-16(4)30-17-7-5-6-8-18(17)31-21/h5-10,16,21H,11-12H2,1-4H3,(H,23,25)(H,24,29). The van der Waals surface area contributed by atoms with Crippen molar-refractivity contribution >= 4 is 11.7 Å². The molecule has 2 atom stereocenters. The third-order valence-corrected chi connectivity index (χ3v) is 5.35. The van der Waals surface area contributed by atoms with Crippen molar-refractivity contribution < 1.29 is 14.3 Å². The van der Waals surface area contributed by atoms with Gasteiger partial charge in [0.2, 0.25) is 6.10 Å². The highest BCUT2D eigenvalue weighted by molar-refractivity contribution is 5.82. The predicted octanol–water partition coefficient (Wildman–Crippen LogP) is 2.34. The first-order valence-corrected chi connectivity index (χ1v) is 10.2. The van der Waals surface area contributed by atoms with E-state index in [1.807, 2.05) is 58.0 Å². The van der Waals surface area contributed by atoms with E-state index in [4.69, 9.17) is 9.47 Å². The number of anilines is 1. The van der Waals surface area contributed by atoms with Gasteiger partial charge in [-0.1, -0.05) is 12.1 Å². The maximum absolute atomic E-state index is 12.5. The third-order valence-electron chi connectivity index (χ3n) is 5.35. The van der Waals surface area contributed by atoms with Gasteiger partial charge in [0, 0.05) is 18.8 Å². The Kier molecular flexibility index (Phi) is 5.75. The summed E-state index contributed by atoms with van der Waals surface area (Å²) in [5.41, 5.74) is 3.16. The molecule has 0 bridgehead atoms. The average molecular weight is 422 g/mol. The fourth-order valence-electron chi connectivity index (χ4n) is 3.36. The van der Waals surface area contributed by atoms with Gasteiger partial charge in [0.25, 0.3) is 5.91 Å². The molecule has 1 aliphatic heterocycles. The second-order valence-electron chi connectivity index (χ2n) is 7.51. The number of fused-ring (bicyclic) bond motifs is 1. The Bertz CT molecular complexity index is 1080. The van der Waals surface area contributed by atoms with Crippen molar-refractivity contribution in [3.63, 3.8) is 0 Å². The molecule has 1 aliphatic rings. The number of nitrogens with one attached hydrogen (secondary N) is 2. The molecule has 0 aliphatic carbocycles. The van der Waals surface area contributed by atoms with Crippen LogP contribution in [0, 0.1) is 20.8 Å². The molecule has 31 heavy (non-hydrogen) atoms. The van der Waals surface area contributed by atoms with Gasteiger partial charge in [-0.25, -0.2) is 4.68 Å². The molecule has 2 unspecified atom stereocenters. The summed E-state index contributed by atoms with van der Waals surface area (Å²) < 4.78 is 13.4. The second kappa shape index (κ2) is 8.63. The van der Waals surface area contributed by atoms with Crippen molar-refractivity contribution in [3.05, 3.63) is 53.3 Å². The third kappa shape index (κ3) is 4.30. The number of carbonyl (C=O) groups is 1. The van der Waals surface area contributed by atoms with E-state index in [-0.39, 0.29) is 12.0 Å². The molecule has 3 aromatic rings. The zero-order valence-corrected chi connectivity index (χ0v) is 18.0. The largest absolute Gasteiger partial charge is 0.482 e. The monoisotopic (exact) mass is 422 g/mol. The molecule has 0 fully saturated rings. The predicted molar refractivity (Wildman–Crippen MR) is 116 cm³/mol. The van der Waals surface area contributed by atoms with Crippen molar-refractivity contribution in [2.75, 3.05) is 18.4 Å². The van der Waals surface area contributed by atoms with E-state index in [0.717, 1.165) is 17.0 Å². The van der Waals surface area contributed by atoms with Crippen molar-refractivity contribution in [2.24, 2.45) is 0 Å². The van der Waals surface area contributed by atoms with Gasteiger partial charge in [0.15, 0.2) is 17.3 Å². The minimum absolute atomic E-state index is 0.217. The minimum Gasteiger partial charge on any atom is -0.482 e. The molecule has 162 valence electrons. The number of amides is 1. The molecule has 9 nitrogen and oxygen atoms in total. The van der Waals surface area contributed by atoms with Crippen LogP contribution in [0.1, 0.15) is 23.9 Å². The van der Waals surface area contributed by atoms with Crippen LogP contribution in [-0.4, -0.2) is 51.2 Å². The topological polar surface area (TPSA) is 103 Å². The number of nitrogens with zero attached hydrogens (tertiary/aromatic N) is 4. The van der Waals surface area contributed by atoms with E-state index in [2.05, 4.69) is 25.9 Å². The van der Waals surface area contributed by atoms with E-state index < -0.39 is 6.10 Å². The van der Waals surface area contributed by atoms with Crippen molar-refractivity contribution in [3.8, 4) is 17.3 Å². The van der Waals surface area contributed by atoms with Gasteiger partial charge in [0.05, 0.1) is 5.69 Å². The quantitative estimate of drug-likeness (QED) is 0.588. The molecular weight excluding hydrogens is 396 g/mol. The van der Waals surface area contributed by atoms with Gasteiger partial charge < -0.3 is 20.1 Å². The zero-order valence-electron chi connectivity index (χ0n) is 18.0. The lowest BCUT2D eigenvalue weighted by Crippen LogP contribution is -2.49. The first kappa shape index (κ1) is 20.6. The molecule has 1 amide bonds. The Labute approximate surface area is 180 Å². The van der Waals surface area contributed by atoms with Gasteiger partial charge in [0.1, 0.15) is 11.9 Å². The average Bonchev–Trinajstić information content (AvgIpc) is 3.03. The number of hydrogen-bond acceptors (Lipinski definition) is 7. The normalized spacial score (nSPS) is 17.3. The van der Waals surface area contributed by atoms with Gasteiger partial charge in [-0.3, -0.25) is 4.79 Å². The number of aromatic nitrogens is 4. The summed E-state index contributed by atoms with van der Waals surface area (Å²) in [5, 5.41) is 19.0. The van der Waals surface area contributed by atoms with Crippen molar-refractivity contribution in [1.29, 1.82) is 0 Å². The Morgan fingerprint density at radius 1 is 1.03 bits per heavy atom. The van der Waals surface area contributed by atoms with Crippen LogP contribution in [0.2, 0.25) is 0 Å². The summed E-state index contributed by atoms with van der Waals surface area (Å²) in [6.07, 6.45) is -1.07. The molecule has 0 saturated carbocycles. The lowest BCUT2D eigenvalue weighted by atomic mass is 10.1. The minimum atomic E-state index is -0.696. The first-order valence-electron chi connectivity index (χ1n) is 10.2. The number of carbonyl (C=O) groups excluding carboxylic acids is 1. The highest BCUT2D eigenvalue weighted by atomic mass is 16.6. The van der Waals surface area contributed by atoms with E-state index in [1.165, 1.54) is 0 Å². The maximum Gasteiger partial charge on any atom is 0.265 e. The Balaban J connectivity index is 1.27. The molecule has 2 N–H and O–H groups in total. The lowest BCUT2D eigenvalue weighted by molar-refractivity contribution is -0.133. The molecule has 0 radical (unpaired) electrons. The smallest absolute Gasteiger partial charge is 0.265 e. The summed E-state index contributed by atoms with van der Waals surface area (Å²) >= 11 is 0. The van der Waals surface area contributed by atoms with Crippen LogP contribution in [0.3, 0.4) is 0 Å². The van der Waals surface area contributed by atoms with Crippen molar-refractivity contribution in [1.82, 2.24) is 25.3 Å². The van der Waals surface area contributed by atoms with Crippen molar-refractivity contribution in [2.45, 2.75) is 39.9 Å². The molecule has 0 saturated heterocycles. The Morgan fingerprint density at radius 3 is 2.42 bits per heavy atom. The van der Waals surface area contributed by atoms with E-state index >= 15 is 0 Å². The maximum atomic E-state index is 12.5. The SMILES string of the molecule is Cc1nn(-c2ccc(NCCNC(=O)C3Oc4ccccc4OC3C)nn2)c(C)c1C. The number of aryl methyl sites for hydroxylation is 1. The second-order valence-corrected chi connectivity index (χ2v) is 7.51. The molecule has 4 rings (SSSR count). The fourth-order valence-corrected chi connectivity index (χ4v) is 3.36. The summed E-state index contributed by atoms with van der Waals surface area (Å²) in [7, 11) is 0. The summed E-state index contributed by atoms with van der Waals surface area (Å²) in [6, 6.07) is 11.0. The Hall–Kier alpha value is -3.62. The van der Waals surface area contributed by atoms with Gasteiger partial charge in [-0.2, -0.15) is 5.10 Å². The zero-order chi connectivity index (χ0) is 22.0. The highest BCUT2D eigenvalue weighted by Gasteiger charge is 2.33. The first-order chi connectivity index (χ1) is 14.9. The van der Waals surface area contributed by atoms with Crippen LogP contribution >= 0.6 is 0 Å². The Morgan fingerprint density at radius 2 is 1.77 bits per heavy atom. The fraction of sp³-hybridized carbons (Fsp3) is 0.364. The van der Waals surface area contributed by atoms with E-state index in [1.54, 1.807) is 10.7 Å². The van der Waals surface area contributed by atoms with E-state index in [0.29, 0.717) is 36.2 Å². The summed E-state index contributed by atoms with van der Waals surface area (Å²) in [5.74, 6) is 2.29. The van der Waals surface area contributed by atoms with E-state index in [9.17, 15) is 4.79 Å². The van der Waals surface area contributed by atoms with Crippen LogP contribution < -0.4 is 20.1 Å². The summed E-state index contributed by atoms with van der Waals surface area (Å²) in [4.78, 5) is 12.5. The van der Waals surface area contributed by atoms with Gasteiger partial charge in [-0.05, 0) is 57.5 Å². The van der Waals surface area contributed by atoms with Gasteiger partial charge in [-0.15, -0.1) is 10.2 Å². The molecular formula is C22H26N6O3. The van der Waals surface area contributed by atoms with Crippen LogP contribution in [0.5, 0.6) is 11.5 Å². The summed E-state index contributed by atoms with van der Waals surface area (Å²) in [6.45, 7) is 8.74. The number of rotatable bonds is 6. The molecule has 9 heteroatoms. The lowest BCUT2D eigenvalue weighted by Gasteiger charge is -2.31. The van der Waals surface area contributed by atoms with Crippen LogP contribution in [0.15, 0.2) is 36.4 Å². The van der Waals surface area contributed by atoms with Crippen LogP contribution in [0.25, 0.3) is 5.82 Å². The highest BCUT2D eigenvalue weighted by Crippen LogP contribution is 2.33. The number of para-hydroxylation sites is 2. The molecule has 0 spiro atoms. The van der Waals surface area contributed by atoms with Gasteiger partial charge >= 0.3 is 0 Å². The molecule has 3 heterocycles. The van der Waals surface area contributed by atoms with Crippen LogP contribution in [-0.2, 0) is 4.79 Å². The number of benzene rings is 1. The number of hydrogen-bond donors (Lipinski definition) is 2. The van der Waals surface area contributed by atoms with Crippen LogP contribution in [0.4, 0.5) is 5.82 Å². The number of ether oxygens (including phenoxy) is 2.